The van der Waals surface area contributed by atoms with Crippen LogP contribution in [0, 0.1) is 5.92 Å². The Labute approximate surface area is 70.2 Å². The molecule has 2 atom stereocenters. The van der Waals surface area contributed by atoms with Crippen LogP contribution in [0.3, 0.4) is 0 Å². The van der Waals surface area contributed by atoms with E-state index in [4.69, 9.17) is 5.11 Å². The Morgan fingerprint density at radius 1 is 1.58 bits per heavy atom. The number of carbonyl (C=O) groups excluding carboxylic acids is 1. The minimum Gasteiger partial charge on any atom is -0.465 e. The Bertz CT molecular complexity index is 236. The monoisotopic (exact) mass is 169 g/mol. The number of nitrogens with zero attached hydrogens (tertiary/aromatic N) is 1. The highest BCUT2D eigenvalue weighted by Gasteiger charge is 2.45. The minimum atomic E-state index is -0.883. The van der Waals surface area contributed by atoms with Crippen molar-refractivity contribution in [2.24, 2.45) is 5.92 Å². The third-order valence-corrected chi connectivity index (χ3v) is 2.85. The molecule has 1 saturated carbocycles. The first-order valence-electron chi connectivity index (χ1n) is 4.20. The number of Topliss-reactive ketones (excluding diaryl/α,β-unsaturated/α-hetero) is 1. The molecule has 2 fully saturated rings. The number of amides is 1. The third-order valence-electron chi connectivity index (χ3n) is 2.85. The van der Waals surface area contributed by atoms with Gasteiger partial charge >= 0.3 is 6.09 Å². The lowest BCUT2D eigenvalue weighted by Gasteiger charge is -2.48. The standard InChI is InChI=1S/C8H11NO3/c10-6-2-1-5-4-9(8(11)12)7(5)3-6/h5,7H,1-4H2,(H,11,12). The maximum Gasteiger partial charge on any atom is 0.407 e. The van der Waals surface area contributed by atoms with E-state index in [-0.39, 0.29) is 11.8 Å². The van der Waals surface area contributed by atoms with Crippen molar-refractivity contribution in [3.63, 3.8) is 0 Å². The fraction of sp³-hybridized carbons (Fsp3) is 0.750. The summed E-state index contributed by atoms with van der Waals surface area (Å²) < 4.78 is 0. The van der Waals surface area contributed by atoms with E-state index in [9.17, 15) is 9.59 Å². The predicted octanol–water partition coefficient (Wildman–Crippen LogP) is 0.718. The smallest absolute Gasteiger partial charge is 0.407 e. The van der Waals surface area contributed by atoms with Crippen molar-refractivity contribution >= 4 is 11.9 Å². The predicted molar refractivity (Wildman–Crippen MR) is 40.9 cm³/mol. The molecule has 1 amide bonds. The van der Waals surface area contributed by atoms with Gasteiger partial charge < -0.3 is 10.0 Å². The average molecular weight is 169 g/mol. The molecule has 0 aromatic heterocycles. The Hall–Kier alpha value is -1.06. The van der Waals surface area contributed by atoms with E-state index in [2.05, 4.69) is 0 Å². The number of hydrogen-bond donors (Lipinski definition) is 1. The second-order valence-electron chi connectivity index (χ2n) is 3.54. The molecule has 0 bridgehead atoms. The van der Waals surface area contributed by atoms with Gasteiger partial charge in [-0.2, -0.15) is 0 Å². The highest BCUT2D eigenvalue weighted by atomic mass is 16.4. The fourth-order valence-corrected chi connectivity index (χ4v) is 2.09. The van der Waals surface area contributed by atoms with Crippen LogP contribution < -0.4 is 0 Å². The van der Waals surface area contributed by atoms with Gasteiger partial charge in [-0.3, -0.25) is 4.79 Å². The molecule has 0 aromatic rings. The maximum atomic E-state index is 11.0. The van der Waals surface area contributed by atoms with Gasteiger partial charge in [0.25, 0.3) is 0 Å². The van der Waals surface area contributed by atoms with Crippen LogP contribution in [-0.4, -0.2) is 34.5 Å². The van der Waals surface area contributed by atoms with Gasteiger partial charge in [0, 0.05) is 25.4 Å². The lowest BCUT2D eigenvalue weighted by Crippen LogP contribution is -2.60. The molecule has 12 heavy (non-hydrogen) atoms. The highest BCUT2D eigenvalue weighted by Crippen LogP contribution is 2.35. The fourth-order valence-electron chi connectivity index (χ4n) is 2.09. The molecule has 1 heterocycles. The van der Waals surface area contributed by atoms with Crippen LogP contribution in [0.2, 0.25) is 0 Å². The summed E-state index contributed by atoms with van der Waals surface area (Å²) in [4.78, 5) is 22.9. The zero-order valence-electron chi connectivity index (χ0n) is 6.69. The van der Waals surface area contributed by atoms with Gasteiger partial charge in [-0.05, 0) is 12.3 Å². The summed E-state index contributed by atoms with van der Waals surface area (Å²) in [5, 5.41) is 8.67. The van der Waals surface area contributed by atoms with Crippen LogP contribution in [0.1, 0.15) is 19.3 Å². The van der Waals surface area contributed by atoms with E-state index >= 15 is 0 Å². The van der Waals surface area contributed by atoms with E-state index < -0.39 is 6.09 Å². The second-order valence-corrected chi connectivity index (χ2v) is 3.54. The molecule has 1 N–H and O–H groups in total. The van der Waals surface area contributed by atoms with Crippen LogP contribution in [0.15, 0.2) is 0 Å². The first kappa shape index (κ1) is 7.58. The van der Waals surface area contributed by atoms with Crippen molar-refractivity contribution in [1.29, 1.82) is 0 Å². The number of hydrogen-bond acceptors (Lipinski definition) is 2. The summed E-state index contributed by atoms with van der Waals surface area (Å²) in [5.74, 6) is 0.668. The van der Waals surface area contributed by atoms with Crippen molar-refractivity contribution < 1.29 is 14.7 Å². The van der Waals surface area contributed by atoms with E-state index in [0.717, 1.165) is 6.42 Å². The van der Waals surface area contributed by atoms with Crippen LogP contribution in [0.25, 0.3) is 0 Å². The Morgan fingerprint density at radius 2 is 2.33 bits per heavy atom. The van der Waals surface area contributed by atoms with E-state index in [1.165, 1.54) is 4.90 Å². The van der Waals surface area contributed by atoms with E-state index in [0.29, 0.717) is 25.3 Å². The molecule has 2 rings (SSSR count). The van der Waals surface area contributed by atoms with E-state index in [1.54, 1.807) is 0 Å². The summed E-state index contributed by atoms with van der Waals surface area (Å²) in [6.45, 7) is 0.632. The van der Waals surface area contributed by atoms with Gasteiger partial charge in [-0.1, -0.05) is 0 Å². The molecule has 4 heteroatoms. The Kier molecular flexibility index (Phi) is 1.56. The zero-order chi connectivity index (χ0) is 8.72. The molecule has 2 unspecified atom stereocenters. The van der Waals surface area contributed by atoms with Gasteiger partial charge in [-0.15, -0.1) is 0 Å². The highest BCUT2D eigenvalue weighted by molar-refractivity contribution is 5.81. The number of likely N-dealkylation sites (tertiary alicyclic amines) is 1. The van der Waals surface area contributed by atoms with E-state index in [1.807, 2.05) is 0 Å². The first-order valence-corrected chi connectivity index (χ1v) is 4.20. The normalized spacial score (nSPS) is 34.0. The molecule has 0 aromatic carbocycles. The van der Waals surface area contributed by atoms with Crippen molar-refractivity contribution in [2.75, 3.05) is 6.54 Å². The average Bonchev–Trinajstić information content (AvgIpc) is 1.95. The Morgan fingerprint density at radius 3 is 3.00 bits per heavy atom. The maximum absolute atomic E-state index is 11.0. The Balaban J connectivity index is 2.01. The zero-order valence-corrected chi connectivity index (χ0v) is 6.69. The molecule has 0 spiro atoms. The molecular weight excluding hydrogens is 158 g/mol. The van der Waals surface area contributed by atoms with Gasteiger partial charge in [-0.25, -0.2) is 4.79 Å². The van der Waals surface area contributed by atoms with Crippen molar-refractivity contribution in [1.82, 2.24) is 4.90 Å². The molecule has 66 valence electrons. The van der Waals surface area contributed by atoms with Crippen molar-refractivity contribution in [3.8, 4) is 0 Å². The number of carbonyl (C=O) groups is 2. The molecule has 1 saturated heterocycles. The quantitative estimate of drug-likeness (QED) is 0.581. The molecule has 4 nitrogen and oxygen atoms in total. The van der Waals surface area contributed by atoms with Crippen molar-refractivity contribution in [2.45, 2.75) is 25.3 Å². The van der Waals surface area contributed by atoms with Crippen LogP contribution in [-0.2, 0) is 4.79 Å². The third kappa shape index (κ3) is 0.983. The molecule has 1 aliphatic carbocycles. The first-order chi connectivity index (χ1) is 5.68. The van der Waals surface area contributed by atoms with Gasteiger partial charge in [0.05, 0.1) is 0 Å². The molecular formula is C8H11NO3. The molecule has 1 aliphatic heterocycles. The van der Waals surface area contributed by atoms with Crippen molar-refractivity contribution in [3.05, 3.63) is 0 Å². The summed E-state index contributed by atoms with van der Waals surface area (Å²) in [5.41, 5.74) is 0. The molecule has 0 radical (unpaired) electrons. The van der Waals surface area contributed by atoms with Crippen LogP contribution in [0.5, 0.6) is 0 Å². The summed E-state index contributed by atoms with van der Waals surface area (Å²) >= 11 is 0. The number of fused-ring (bicyclic) bond motifs is 1. The summed E-state index contributed by atoms with van der Waals surface area (Å²) in [6, 6.07) is 0.00347. The largest absolute Gasteiger partial charge is 0.465 e. The number of ketones is 1. The number of rotatable bonds is 0. The lowest BCUT2D eigenvalue weighted by atomic mass is 9.76. The lowest BCUT2D eigenvalue weighted by molar-refractivity contribution is -0.126. The van der Waals surface area contributed by atoms with Gasteiger partial charge in [0.2, 0.25) is 0 Å². The number of carboxylic acid groups (broad SMARTS) is 1. The SMILES string of the molecule is O=C1CCC2CN(C(=O)O)C2C1. The van der Waals surface area contributed by atoms with Crippen LogP contribution in [0.4, 0.5) is 4.79 Å². The summed E-state index contributed by atoms with van der Waals surface area (Å²) in [6.07, 6.45) is 1.09. The minimum absolute atomic E-state index is 0.00347. The molecule has 2 aliphatic rings. The van der Waals surface area contributed by atoms with Gasteiger partial charge in [0.15, 0.2) is 0 Å². The van der Waals surface area contributed by atoms with Gasteiger partial charge in [0.1, 0.15) is 5.78 Å². The second kappa shape index (κ2) is 2.47. The summed E-state index contributed by atoms with van der Waals surface area (Å²) in [7, 11) is 0. The van der Waals surface area contributed by atoms with Crippen LogP contribution >= 0.6 is 0 Å². The topological polar surface area (TPSA) is 57.6 Å².